The second-order valence-electron chi connectivity index (χ2n) is 9.00. The van der Waals surface area contributed by atoms with E-state index in [-0.39, 0.29) is 21.3 Å². The highest BCUT2D eigenvalue weighted by Gasteiger charge is 2.49. The number of aromatic nitrogens is 3. The van der Waals surface area contributed by atoms with Crippen molar-refractivity contribution in [2.45, 2.75) is 33.7 Å². The van der Waals surface area contributed by atoms with Crippen molar-refractivity contribution in [3.8, 4) is 5.75 Å². The SMILES string of the molecule is CCOc1ccc(C2C(=C(O)c3nc4c(C)cccn4c3C)C(=O)C(=O)N2c2nc(C)c(C(=O)OC)s2)cc1. The van der Waals surface area contributed by atoms with E-state index in [1.165, 1.54) is 12.0 Å². The highest BCUT2D eigenvalue weighted by molar-refractivity contribution is 7.17. The van der Waals surface area contributed by atoms with Crippen LogP contribution in [-0.2, 0) is 14.3 Å². The van der Waals surface area contributed by atoms with Crippen LogP contribution in [0.2, 0.25) is 0 Å². The zero-order valence-electron chi connectivity index (χ0n) is 22.0. The molecule has 1 fully saturated rings. The summed E-state index contributed by atoms with van der Waals surface area (Å²) in [6.45, 7) is 7.64. The average Bonchev–Trinajstić information content (AvgIpc) is 3.56. The minimum atomic E-state index is -1.03. The quantitative estimate of drug-likeness (QED) is 0.162. The number of carbonyl (C=O) groups excluding carboxylic acids is 3. The molecule has 0 bridgehead atoms. The topological polar surface area (TPSA) is 123 Å². The summed E-state index contributed by atoms with van der Waals surface area (Å²) in [4.78, 5) is 49.8. The number of ether oxygens (including phenoxy) is 2. The molecule has 1 unspecified atom stereocenters. The third kappa shape index (κ3) is 4.24. The second-order valence-corrected chi connectivity index (χ2v) is 9.98. The molecule has 0 aliphatic carbocycles. The lowest BCUT2D eigenvalue weighted by Gasteiger charge is -2.23. The number of amides is 1. The van der Waals surface area contributed by atoms with Crippen molar-refractivity contribution < 1.29 is 29.0 Å². The average molecular weight is 547 g/mol. The van der Waals surface area contributed by atoms with E-state index in [1.54, 1.807) is 38.1 Å². The van der Waals surface area contributed by atoms with Gasteiger partial charge in [-0.1, -0.05) is 29.5 Å². The number of aliphatic hydroxyl groups is 1. The highest BCUT2D eigenvalue weighted by atomic mass is 32.1. The van der Waals surface area contributed by atoms with Gasteiger partial charge in [0.15, 0.2) is 10.9 Å². The molecule has 200 valence electrons. The van der Waals surface area contributed by atoms with Crippen molar-refractivity contribution in [3.05, 3.63) is 81.3 Å². The van der Waals surface area contributed by atoms with Crippen LogP contribution in [0.1, 0.15) is 50.8 Å². The number of hydrogen-bond donors (Lipinski definition) is 1. The number of benzene rings is 1. The number of imidazole rings is 1. The Bertz CT molecular complexity index is 1670. The molecule has 0 radical (unpaired) electrons. The zero-order chi connectivity index (χ0) is 28.0. The predicted octanol–water partition coefficient (Wildman–Crippen LogP) is 4.53. The summed E-state index contributed by atoms with van der Waals surface area (Å²) in [5.41, 5.74) is 3.11. The minimum absolute atomic E-state index is 0.124. The summed E-state index contributed by atoms with van der Waals surface area (Å²) in [6.07, 6.45) is 1.82. The number of nitrogens with zero attached hydrogens (tertiary/aromatic N) is 4. The number of hydrogen-bond acceptors (Lipinski definition) is 9. The van der Waals surface area contributed by atoms with Gasteiger partial charge < -0.3 is 19.0 Å². The Morgan fingerprint density at radius 3 is 2.46 bits per heavy atom. The third-order valence-electron chi connectivity index (χ3n) is 6.62. The first-order valence-electron chi connectivity index (χ1n) is 12.2. The fourth-order valence-electron chi connectivity index (χ4n) is 4.70. The van der Waals surface area contributed by atoms with Gasteiger partial charge in [0.25, 0.3) is 5.78 Å². The Kier molecular flexibility index (Phi) is 6.69. The van der Waals surface area contributed by atoms with Crippen LogP contribution in [-0.4, -0.2) is 50.9 Å². The normalized spacial score (nSPS) is 16.7. The number of carbonyl (C=O) groups is 3. The number of thiazole rings is 1. The van der Waals surface area contributed by atoms with Gasteiger partial charge in [-0.3, -0.25) is 14.5 Å². The van der Waals surface area contributed by atoms with E-state index in [9.17, 15) is 19.5 Å². The van der Waals surface area contributed by atoms with Crippen LogP contribution >= 0.6 is 11.3 Å². The van der Waals surface area contributed by atoms with E-state index in [4.69, 9.17) is 9.47 Å². The lowest BCUT2D eigenvalue weighted by Crippen LogP contribution is -2.29. The maximum Gasteiger partial charge on any atom is 0.350 e. The van der Waals surface area contributed by atoms with Gasteiger partial charge in [-0.05, 0) is 57.0 Å². The summed E-state index contributed by atoms with van der Waals surface area (Å²) in [5.74, 6) is -2.13. The molecule has 10 nitrogen and oxygen atoms in total. The predicted molar refractivity (Wildman–Crippen MR) is 145 cm³/mol. The van der Waals surface area contributed by atoms with Gasteiger partial charge in [-0.15, -0.1) is 0 Å². The first-order chi connectivity index (χ1) is 18.7. The molecule has 1 atom stereocenters. The van der Waals surface area contributed by atoms with E-state index in [1.807, 2.05) is 36.6 Å². The Labute approximate surface area is 228 Å². The van der Waals surface area contributed by atoms with E-state index >= 15 is 0 Å². The van der Waals surface area contributed by atoms with E-state index in [2.05, 4.69) is 9.97 Å². The Morgan fingerprint density at radius 2 is 1.82 bits per heavy atom. The van der Waals surface area contributed by atoms with Crippen molar-refractivity contribution in [3.63, 3.8) is 0 Å². The summed E-state index contributed by atoms with van der Waals surface area (Å²) in [6, 6.07) is 9.64. The molecule has 1 aromatic carbocycles. The van der Waals surface area contributed by atoms with Gasteiger partial charge in [-0.2, -0.15) is 0 Å². The summed E-state index contributed by atoms with van der Waals surface area (Å²) < 4.78 is 12.2. The summed E-state index contributed by atoms with van der Waals surface area (Å²) >= 11 is 0.942. The molecule has 0 spiro atoms. The smallest absolute Gasteiger partial charge is 0.350 e. The summed E-state index contributed by atoms with van der Waals surface area (Å²) in [5, 5.41) is 11.7. The van der Waals surface area contributed by atoms with Crippen molar-refractivity contribution >= 4 is 45.5 Å². The van der Waals surface area contributed by atoms with E-state index in [0.717, 1.165) is 16.9 Å². The molecular weight excluding hydrogens is 520 g/mol. The molecule has 4 heterocycles. The van der Waals surface area contributed by atoms with Gasteiger partial charge in [0.05, 0.1) is 36.7 Å². The highest BCUT2D eigenvalue weighted by Crippen LogP contribution is 2.44. The largest absolute Gasteiger partial charge is 0.505 e. The number of ketones is 1. The molecule has 1 N–H and O–H groups in total. The number of Topliss-reactive ketones (excluding diaryl/α,β-unsaturated/α-hetero) is 1. The van der Waals surface area contributed by atoms with Gasteiger partial charge in [0, 0.05) is 6.20 Å². The molecule has 3 aromatic heterocycles. The van der Waals surface area contributed by atoms with E-state index < -0.39 is 29.5 Å². The molecule has 5 rings (SSSR count). The monoisotopic (exact) mass is 546 g/mol. The van der Waals surface area contributed by atoms with E-state index in [0.29, 0.717) is 35.0 Å². The first kappa shape index (κ1) is 26.1. The van der Waals surface area contributed by atoms with Crippen LogP contribution in [0.25, 0.3) is 11.4 Å². The number of rotatable bonds is 6. The van der Waals surface area contributed by atoms with Crippen molar-refractivity contribution in [1.82, 2.24) is 14.4 Å². The fourth-order valence-corrected chi connectivity index (χ4v) is 5.71. The van der Waals surface area contributed by atoms with Crippen LogP contribution in [0.3, 0.4) is 0 Å². The maximum absolute atomic E-state index is 13.5. The molecule has 1 aliphatic rings. The van der Waals surface area contributed by atoms with Crippen molar-refractivity contribution in [2.75, 3.05) is 18.6 Å². The first-order valence-corrected chi connectivity index (χ1v) is 13.0. The molecule has 1 saturated heterocycles. The molecule has 4 aromatic rings. The van der Waals surface area contributed by atoms with Crippen molar-refractivity contribution in [2.24, 2.45) is 0 Å². The molecule has 39 heavy (non-hydrogen) atoms. The van der Waals surface area contributed by atoms with Gasteiger partial charge >= 0.3 is 11.9 Å². The Hall–Kier alpha value is -4.51. The van der Waals surface area contributed by atoms with Crippen LogP contribution in [0, 0.1) is 20.8 Å². The lowest BCUT2D eigenvalue weighted by molar-refractivity contribution is -0.132. The number of fused-ring (bicyclic) bond motifs is 1. The van der Waals surface area contributed by atoms with Gasteiger partial charge in [0.1, 0.15) is 22.0 Å². The van der Waals surface area contributed by atoms with Crippen LogP contribution in [0.4, 0.5) is 5.13 Å². The lowest BCUT2D eigenvalue weighted by atomic mass is 9.96. The minimum Gasteiger partial charge on any atom is -0.505 e. The fraction of sp³-hybridized carbons (Fsp3) is 0.250. The number of pyridine rings is 1. The Morgan fingerprint density at radius 1 is 1.10 bits per heavy atom. The third-order valence-corrected chi connectivity index (χ3v) is 7.76. The number of methoxy groups -OCH3 is 1. The van der Waals surface area contributed by atoms with Gasteiger partial charge in [0.2, 0.25) is 0 Å². The number of aliphatic hydroxyl groups excluding tert-OH is 1. The number of esters is 1. The standard InChI is InChI=1S/C28H26N4O6S/c1-6-38-18-11-9-17(10-12-18)21-19(22(33)20-16(4)31-13-7-8-14(2)25(31)30-20)23(34)26(35)32(21)28-29-15(3)24(39-28)27(36)37-5/h7-13,21,33H,6H2,1-5H3. The van der Waals surface area contributed by atoms with Crippen LogP contribution in [0.5, 0.6) is 5.75 Å². The Balaban J connectivity index is 1.73. The number of aryl methyl sites for hydroxylation is 3. The van der Waals surface area contributed by atoms with Crippen LogP contribution in [0.15, 0.2) is 48.2 Å². The maximum atomic E-state index is 13.5. The molecule has 1 amide bonds. The van der Waals surface area contributed by atoms with Crippen LogP contribution < -0.4 is 9.64 Å². The molecule has 0 saturated carbocycles. The summed E-state index contributed by atoms with van der Waals surface area (Å²) in [7, 11) is 1.26. The molecule has 1 aliphatic heterocycles. The molecular formula is C28H26N4O6S. The second kappa shape index (κ2) is 9.99. The molecule has 11 heteroatoms. The van der Waals surface area contributed by atoms with Gasteiger partial charge in [-0.25, -0.2) is 14.8 Å². The number of anilines is 1. The zero-order valence-corrected chi connectivity index (χ0v) is 22.8. The van der Waals surface area contributed by atoms with Crippen molar-refractivity contribution in [1.29, 1.82) is 0 Å².